The molecule has 3 N–H and O–H groups in total. The van der Waals surface area contributed by atoms with Crippen molar-refractivity contribution in [2.24, 2.45) is 0 Å². The quantitative estimate of drug-likeness (QED) is 0.0320. The highest BCUT2D eigenvalue weighted by Crippen LogP contribution is 2.20. The molecule has 0 saturated carbocycles. The fourth-order valence-electron chi connectivity index (χ4n) is 12.8. The lowest BCUT2D eigenvalue weighted by molar-refractivity contribution is -0.143. The molecule has 506 valence electrons. The van der Waals surface area contributed by atoms with Crippen LogP contribution in [0.15, 0.2) is 12.2 Å². The molecule has 0 aromatic heterocycles. The van der Waals surface area contributed by atoms with Gasteiger partial charge in [0.25, 0.3) is 0 Å². The molecule has 0 aromatic rings. The Morgan fingerprint density at radius 1 is 0.318 bits per heavy atom. The van der Waals surface area contributed by atoms with Crippen LogP contribution in [0.1, 0.15) is 457 Å². The largest absolute Gasteiger partial charge is 0.466 e. The average Bonchev–Trinajstić information content (AvgIpc) is 3.51. The number of ether oxygens (including phenoxy) is 1. The molecular formula is C79H155NO5. The first-order valence-electron chi connectivity index (χ1n) is 39.4. The predicted octanol–water partition coefficient (Wildman–Crippen LogP) is 25.9. The molecule has 0 bridgehead atoms. The Balaban J connectivity index is 3.31. The standard InChI is InChI=1S/C79H155NO5/c1-3-5-7-9-11-13-15-17-19-44-47-51-55-59-63-67-71-77(82)76(75-81)80-78(83)72-68-64-60-56-52-48-45-41-39-37-35-33-31-29-27-25-23-21-20-22-24-26-28-30-32-34-36-38-40-42-46-50-54-58-62-66-70-74-85-79(84)73-69-65-61-57-53-49-43-18-16-14-12-10-8-6-4-2/h20,22,76-77,81-82H,3-19,21,23-75H2,1-2H3,(H,80,83)/b22-20-. The molecule has 0 spiro atoms. The molecule has 0 saturated heterocycles. The number of carbonyl (C=O) groups is 2. The number of carbonyl (C=O) groups excluding carboxylic acids is 2. The molecule has 0 aliphatic heterocycles. The van der Waals surface area contributed by atoms with E-state index in [1.165, 1.54) is 385 Å². The maximum Gasteiger partial charge on any atom is 0.305 e. The van der Waals surface area contributed by atoms with Crippen molar-refractivity contribution < 1.29 is 24.5 Å². The number of aliphatic hydroxyl groups is 2. The fourth-order valence-corrected chi connectivity index (χ4v) is 12.8. The van der Waals surface area contributed by atoms with Crippen molar-refractivity contribution in [3.05, 3.63) is 12.2 Å². The van der Waals surface area contributed by atoms with Crippen LogP contribution in [0.2, 0.25) is 0 Å². The first-order valence-corrected chi connectivity index (χ1v) is 39.4. The monoisotopic (exact) mass is 1200 g/mol. The van der Waals surface area contributed by atoms with Gasteiger partial charge in [0.05, 0.1) is 25.4 Å². The van der Waals surface area contributed by atoms with E-state index in [1.807, 2.05) is 0 Å². The number of nitrogens with one attached hydrogen (secondary N) is 1. The predicted molar refractivity (Wildman–Crippen MR) is 375 cm³/mol. The molecule has 0 heterocycles. The van der Waals surface area contributed by atoms with E-state index in [9.17, 15) is 19.8 Å². The lowest BCUT2D eigenvalue weighted by atomic mass is 10.0. The molecule has 2 atom stereocenters. The van der Waals surface area contributed by atoms with Gasteiger partial charge in [-0.25, -0.2) is 0 Å². The Morgan fingerprint density at radius 2 is 0.553 bits per heavy atom. The molecule has 0 radical (unpaired) electrons. The highest BCUT2D eigenvalue weighted by Gasteiger charge is 2.20. The van der Waals surface area contributed by atoms with Crippen molar-refractivity contribution in [1.29, 1.82) is 0 Å². The molecule has 6 nitrogen and oxygen atoms in total. The molecule has 0 aromatic carbocycles. The second-order valence-corrected chi connectivity index (χ2v) is 27.4. The van der Waals surface area contributed by atoms with Gasteiger partial charge in [-0.1, -0.05) is 405 Å². The van der Waals surface area contributed by atoms with E-state index < -0.39 is 12.1 Å². The van der Waals surface area contributed by atoms with Crippen molar-refractivity contribution in [1.82, 2.24) is 5.32 Å². The lowest BCUT2D eigenvalue weighted by Gasteiger charge is -2.22. The van der Waals surface area contributed by atoms with Crippen LogP contribution in [0.3, 0.4) is 0 Å². The van der Waals surface area contributed by atoms with Crippen molar-refractivity contribution in [3.63, 3.8) is 0 Å². The maximum atomic E-state index is 12.5. The van der Waals surface area contributed by atoms with Crippen molar-refractivity contribution in [2.45, 2.75) is 469 Å². The third-order valence-corrected chi connectivity index (χ3v) is 18.8. The third kappa shape index (κ3) is 71.6. The smallest absolute Gasteiger partial charge is 0.305 e. The van der Waals surface area contributed by atoms with Gasteiger partial charge in [-0.3, -0.25) is 9.59 Å². The molecule has 1 amide bonds. The Bertz CT molecular complexity index is 1290. The van der Waals surface area contributed by atoms with Crippen molar-refractivity contribution >= 4 is 11.9 Å². The van der Waals surface area contributed by atoms with Gasteiger partial charge in [-0.2, -0.15) is 0 Å². The highest BCUT2D eigenvalue weighted by molar-refractivity contribution is 5.76. The SMILES string of the molecule is CCCCCCCCCCCCCCCCCCC(O)C(CO)NC(=O)CCCCCCCCCCCCCCCCCCC/C=C\CCCCCCCCCCCCCCCCCCOC(=O)CCCCCCCCCCCCCCCCC. The number of hydrogen-bond donors (Lipinski definition) is 3. The summed E-state index contributed by atoms with van der Waals surface area (Å²) in [6, 6.07) is -0.538. The van der Waals surface area contributed by atoms with Gasteiger partial charge >= 0.3 is 5.97 Å². The van der Waals surface area contributed by atoms with E-state index >= 15 is 0 Å². The summed E-state index contributed by atoms with van der Waals surface area (Å²) in [6.07, 6.45) is 94.5. The van der Waals surface area contributed by atoms with Crippen LogP contribution in [0.4, 0.5) is 0 Å². The molecule has 0 rings (SSSR count). The molecule has 2 unspecified atom stereocenters. The number of allylic oxidation sites excluding steroid dienone is 2. The van der Waals surface area contributed by atoms with Crippen LogP contribution in [-0.4, -0.2) is 47.4 Å². The molecule has 0 fully saturated rings. The van der Waals surface area contributed by atoms with Gasteiger partial charge < -0.3 is 20.3 Å². The summed E-state index contributed by atoms with van der Waals surface area (Å²) >= 11 is 0. The van der Waals surface area contributed by atoms with Crippen LogP contribution in [0, 0.1) is 0 Å². The van der Waals surface area contributed by atoms with Crippen LogP contribution < -0.4 is 5.32 Å². The van der Waals surface area contributed by atoms with E-state index in [0.29, 0.717) is 25.9 Å². The average molecular weight is 1200 g/mol. The van der Waals surface area contributed by atoms with Crippen LogP contribution in [-0.2, 0) is 14.3 Å². The Kier molecular flexibility index (Phi) is 73.8. The third-order valence-electron chi connectivity index (χ3n) is 18.8. The van der Waals surface area contributed by atoms with E-state index in [0.717, 1.165) is 38.5 Å². The first kappa shape index (κ1) is 83.6. The minimum Gasteiger partial charge on any atom is -0.466 e. The zero-order valence-corrected chi connectivity index (χ0v) is 58.1. The highest BCUT2D eigenvalue weighted by atomic mass is 16.5. The Morgan fingerprint density at radius 3 is 0.835 bits per heavy atom. The summed E-state index contributed by atoms with van der Waals surface area (Å²) < 4.78 is 5.51. The molecule has 6 heteroatoms. The summed E-state index contributed by atoms with van der Waals surface area (Å²) in [5.41, 5.74) is 0. The van der Waals surface area contributed by atoms with Gasteiger partial charge in [0.2, 0.25) is 5.91 Å². The van der Waals surface area contributed by atoms with Gasteiger partial charge in [-0.05, 0) is 51.4 Å². The van der Waals surface area contributed by atoms with Gasteiger partial charge in [0.15, 0.2) is 0 Å². The number of amides is 1. The Labute approximate surface area is 533 Å². The normalized spacial score (nSPS) is 12.5. The maximum absolute atomic E-state index is 12.5. The summed E-state index contributed by atoms with van der Waals surface area (Å²) in [6.45, 7) is 5.01. The molecule has 0 aliphatic carbocycles. The van der Waals surface area contributed by atoms with Gasteiger partial charge in [0, 0.05) is 12.8 Å². The summed E-state index contributed by atoms with van der Waals surface area (Å²) in [7, 11) is 0. The number of esters is 1. The molecular weight excluding hydrogens is 1040 g/mol. The van der Waals surface area contributed by atoms with Gasteiger partial charge in [0.1, 0.15) is 0 Å². The van der Waals surface area contributed by atoms with E-state index in [4.69, 9.17) is 4.74 Å². The van der Waals surface area contributed by atoms with Gasteiger partial charge in [-0.15, -0.1) is 0 Å². The zero-order valence-electron chi connectivity index (χ0n) is 58.1. The van der Waals surface area contributed by atoms with E-state index in [2.05, 4.69) is 31.3 Å². The topological polar surface area (TPSA) is 95.9 Å². The van der Waals surface area contributed by atoms with Crippen LogP contribution in [0.25, 0.3) is 0 Å². The molecule has 85 heavy (non-hydrogen) atoms. The first-order chi connectivity index (χ1) is 42.0. The number of hydrogen-bond acceptors (Lipinski definition) is 5. The Hall–Kier alpha value is -1.40. The van der Waals surface area contributed by atoms with E-state index in [1.54, 1.807) is 0 Å². The van der Waals surface area contributed by atoms with Crippen molar-refractivity contribution in [3.8, 4) is 0 Å². The lowest BCUT2D eigenvalue weighted by Crippen LogP contribution is -2.45. The second kappa shape index (κ2) is 75.1. The number of rotatable bonds is 75. The van der Waals surface area contributed by atoms with Crippen molar-refractivity contribution in [2.75, 3.05) is 13.2 Å². The second-order valence-electron chi connectivity index (χ2n) is 27.4. The molecule has 0 aliphatic rings. The zero-order chi connectivity index (χ0) is 61.3. The van der Waals surface area contributed by atoms with Crippen LogP contribution in [0.5, 0.6) is 0 Å². The fraction of sp³-hybridized carbons (Fsp3) is 0.949. The number of aliphatic hydroxyl groups excluding tert-OH is 2. The number of unbranched alkanes of at least 4 members (excludes halogenated alkanes) is 62. The van der Waals surface area contributed by atoms with Crippen LogP contribution >= 0.6 is 0 Å². The summed E-state index contributed by atoms with van der Waals surface area (Å²) in [5, 5.41) is 23.4. The summed E-state index contributed by atoms with van der Waals surface area (Å²) in [5.74, 6) is -0.00124. The summed E-state index contributed by atoms with van der Waals surface area (Å²) in [4.78, 5) is 24.6. The van der Waals surface area contributed by atoms with E-state index in [-0.39, 0.29) is 18.5 Å². The minimum atomic E-state index is -0.661. The minimum absolute atomic E-state index is 0.0255.